The highest BCUT2D eigenvalue weighted by molar-refractivity contribution is 7.27. The maximum atomic E-state index is 5.86. The summed E-state index contributed by atoms with van der Waals surface area (Å²) in [4.78, 5) is 1.32. The van der Waals surface area contributed by atoms with E-state index in [-0.39, 0.29) is 6.04 Å². The first-order valence-electron chi connectivity index (χ1n) is 6.04. The highest BCUT2D eigenvalue weighted by Crippen LogP contribution is 2.36. The van der Waals surface area contributed by atoms with Gasteiger partial charge in [-0.15, -0.1) is 22.7 Å². The van der Waals surface area contributed by atoms with Crippen LogP contribution < -0.4 is 5.32 Å². The molecule has 0 fully saturated rings. The van der Waals surface area contributed by atoms with E-state index < -0.39 is 0 Å². The van der Waals surface area contributed by atoms with E-state index in [1.54, 1.807) is 11.3 Å². The molecule has 2 nitrogen and oxygen atoms in total. The first kappa shape index (κ1) is 12.0. The van der Waals surface area contributed by atoms with Gasteiger partial charge < -0.3 is 9.73 Å². The lowest BCUT2D eigenvalue weighted by molar-refractivity contribution is 0.436. The minimum Gasteiger partial charge on any atom is -0.464 e. The molecule has 1 atom stereocenters. The summed E-state index contributed by atoms with van der Waals surface area (Å²) in [6, 6.07) is 8.75. The lowest BCUT2D eigenvalue weighted by Crippen LogP contribution is -2.15. The van der Waals surface area contributed by atoms with Crippen LogP contribution >= 0.6 is 22.7 Å². The highest BCUT2D eigenvalue weighted by atomic mass is 32.1. The van der Waals surface area contributed by atoms with Crippen LogP contribution in [0.5, 0.6) is 0 Å². The SMILES string of the molecule is CCc1ccc(C(NC)c2cc3sccc3s2)o1. The summed E-state index contributed by atoms with van der Waals surface area (Å²) in [5.41, 5.74) is 0. The molecule has 1 unspecified atom stereocenters. The molecule has 3 rings (SSSR count). The number of aryl methyl sites for hydroxylation is 1. The topological polar surface area (TPSA) is 25.2 Å². The van der Waals surface area contributed by atoms with Gasteiger partial charge in [-0.25, -0.2) is 0 Å². The zero-order chi connectivity index (χ0) is 12.5. The van der Waals surface area contributed by atoms with Gasteiger partial charge in [0.25, 0.3) is 0 Å². The third-order valence-electron chi connectivity index (χ3n) is 3.05. The van der Waals surface area contributed by atoms with Crippen LogP contribution in [0.15, 0.2) is 34.1 Å². The summed E-state index contributed by atoms with van der Waals surface area (Å²) < 4.78 is 8.58. The Kier molecular flexibility index (Phi) is 3.24. The molecular formula is C14H15NOS2. The molecule has 0 saturated carbocycles. The number of fused-ring (bicyclic) bond motifs is 1. The van der Waals surface area contributed by atoms with Crippen molar-refractivity contribution < 1.29 is 4.42 Å². The van der Waals surface area contributed by atoms with Crippen molar-refractivity contribution >= 4 is 32.1 Å². The van der Waals surface area contributed by atoms with E-state index in [0.717, 1.165) is 17.9 Å². The second-order valence-corrected chi connectivity index (χ2v) is 6.24. The number of hydrogen-bond donors (Lipinski definition) is 1. The Morgan fingerprint density at radius 2 is 2.17 bits per heavy atom. The van der Waals surface area contributed by atoms with Crippen molar-refractivity contribution in [3.63, 3.8) is 0 Å². The normalized spacial score (nSPS) is 13.2. The Morgan fingerprint density at radius 1 is 1.28 bits per heavy atom. The molecule has 94 valence electrons. The van der Waals surface area contributed by atoms with Gasteiger partial charge in [0, 0.05) is 20.7 Å². The molecule has 3 aromatic rings. The van der Waals surface area contributed by atoms with Gasteiger partial charge in [-0.05, 0) is 36.7 Å². The highest BCUT2D eigenvalue weighted by Gasteiger charge is 2.18. The van der Waals surface area contributed by atoms with Crippen molar-refractivity contribution in [2.75, 3.05) is 7.05 Å². The van der Waals surface area contributed by atoms with Crippen LogP contribution in [0.25, 0.3) is 9.40 Å². The maximum absolute atomic E-state index is 5.86. The lowest BCUT2D eigenvalue weighted by atomic mass is 10.2. The molecule has 0 saturated heterocycles. The summed E-state index contributed by atoms with van der Waals surface area (Å²) in [6.45, 7) is 2.11. The van der Waals surface area contributed by atoms with E-state index in [0.29, 0.717) is 0 Å². The summed E-state index contributed by atoms with van der Waals surface area (Å²) in [7, 11) is 1.98. The first-order chi connectivity index (χ1) is 8.81. The number of thiophene rings is 2. The zero-order valence-electron chi connectivity index (χ0n) is 10.4. The molecule has 0 aliphatic carbocycles. The second-order valence-electron chi connectivity index (χ2n) is 4.18. The third kappa shape index (κ3) is 2.00. The van der Waals surface area contributed by atoms with E-state index in [1.807, 2.05) is 18.4 Å². The fourth-order valence-electron chi connectivity index (χ4n) is 2.09. The minimum atomic E-state index is 0.162. The van der Waals surface area contributed by atoms with E-state index in [1.165, 1.54) is 14.3 Å². The Morgan fingerprint density at radius 3 is 2.83 bits per heavy atom. The van der Waals surface area contributed by atoms with E-state index in [9.17, 15) is 0 Å². The van der Waals surface area contributed by atoms with E-state index in [4.69, 9.17) is 4.42 Å². The molecule has 1 N–H and O–H groups in total. The van der Waals surface area contributed by atoms with Crippen LogP contribution in [0, 0.1) is 0 Å². The third-order valence-corrected chi connectivity index (χ3v) is 5.21. The van der Waals surface area contributed by atoms with Gasteiger partial charge in [-0.2, -0.15) is 0 Å². The van der Waals surface area contributed by atoms with Crippen LogP contribution in [0.4, 0.5) is 0 Å². The second kappa shape index (κ2) is 4.88. The van der Waals surface area contributed by atoms with Crippen LogP contribution in [0.3, 0.4) is 0 Å². The Hall–Kier alpha value is -1.10. The van der Waals surface area contributed by atoms with Crippen LogP contribution in [0.1, 0.15) is 29.4 Å². The molecule has 0 bridgehead atoms. The molecule has 3 heterocycles. The van der Waals surface area contributed by atoms with Crippen LogP contribution in [-0.2, 0) is 6.42 Å². The zero-order valence-corrected chi connectivity index (χ0v) is 12.0. The van der Waals surface area contributed by atoms with Gasteiger partial charge in [0.15, 0.2) is 0 Å². The number of rotatable bonds is 4. The minimum absolute atomic E-state index is 0.162. The smallest absolute Gasteiger partial charge is 0.126 e. The standard InChI is InChI=1S/C14H15NOS2/c1-3-9-4-5-10(16-9)14(15-2)13-8-12-11(18-13)6-7-17-12/h4-8,14-15H,3H2,1-2H3. The molecule has 3 aromatic heterocycles. The monoisotopic (exact) mass is 277 g/mol. The predicted octanol–water partition coefficient (Wildman–Crippen LogP) is 4.43. The van der Waals surface area contributed by atoms with Crippen LogP contribution in [0.2, 0.25) is 0 Å². The molecule has 18 heavy (non-hydrogen) atoms. The van der Waals surface area contributed by atoms with Gasteiger partial charge in [0.2, 0.25) is 0 Å². The molecule has 0 aliphatic rings. The molecule has 4 heteroatoms. The summed E-state index contributed by atoms with van der Waals surface area (Å²) in [5.74, 6) is 2.05. The van der Waals surface area contributed by atoms with Gasteiger partial charge in [-0.3, -0.25) is 0 Å². The number of hydrogen-bond acceptors (Lipinski definition) is 4. The fraction of sp³-hybridized carbons (Fsp3) is 0.286. The molecule has 0 aromatic carbocycles. The van der Waals surface area contributed by atoms with Crippen molar-refractivity contribution in [3.8, 4) is 0 Å². The van der Waals surface area contributed by atoms with Crippen molar-refractivity contribution in [3.05, 3.63) is 46.0 Å². The summed E-state index contributed by atoms with van der Waals surface area (Å²) >= 11 is 3.63. The molecule has 0 spiro atoms. The number of furan rings is 1. The van der Waals surface area contributed by atoms with Crippen molar-refractivity contribution in [1.29, 1.82) is 0 Å². The summed E-state index contributed by atoms with van der Waals surface area (Å²) in [5, 5.41) is 5.48. The molecule has 0 aliphatic heterocycles. The lowest BCUT2D eigenvalue weighted by Gasteiger charge is -2.11. The quantitative estimate of drug-likeness (QED) is 0.763. The van der Waals surface area contributed by atoms with Crippen molar-refractivity contribution in [2.24, 2.45) is 0 Å². The Balaban J connectivity index is 1.98. The predicted molar refractivity (Wildman–Crippen MR) is 78.7 cm³/mol. The Bertz CT molecular complexity index is 621. The summed E-state index contributed by atoms with van der Waals surface area (Å²) in [6.07, 6.45) is 0.940. The van der Waals surface area contributed by atoms with Gasteiger partial charge in [-0.1, -0.05) is 6.92 Å². The largest absolute Gasteiger partial charge is 0.464 e. The molecular weight excluding hydrogens is 262 g/mol. The van der Waals surface area contributed by atoms with Gasteiger partial charge in [0.05, 0.1) is 0 Å². The van der Waals surface area contributed by atoms with E-state index >= 15 is 0 Å². The van der Waals surface area contributed by atoms with E-state index in [2.05, 4.69) is 41.9 Å². The fourth-order valence-corrected chi connectivity index (χ4v) is 4.33. The van der Waals surface area contributed by atoms with Crippen LogP contribution in [-0.4, -0.2) is 7.05 Å². The molecule has 0 radical (unpaired) electrons. The Labute approximate surface area is 114 Å². The van der Waals surface area contributed by atoms with Crippen molar-refractivity contribution in [2.45, 2.75) is 19.4 Å². The number of nitrogens with one attached hydrogen (secondary N) is 1. The van der Waals surface area contributed by atoms with Crippen molar-refractivity contribution in [1.82, 2.24) is 5.32 Å². The maximum Gasteiger partial charge on any atom is 0.126 e. The first-order valence-corrected chi connectivity index (χ1v) is 7.74. The average Bonchev–Trinajstić information content (AvgIpc) is 3.04. The molecule has 0 amide bonds. The van der Waals surface area contributed by atoms with Gasteiger partial charge in [0.1, 0.15) is 17.6 Å². The van der Waals surface area contributed by atoms with Gasteiger partial charge >= 0.3 is 0 Å². The average molecular weight is 277 g/mol.